The minimum Gasteiger partial charge on any atom is -0.481 e. The van der Waals surface area contributed by atoms with E-state index in [0.29, 0.717) is 24.9 Å². The summed E-state index contributed by atoms with van der Waals surface area (Å²) >= 11 is 0. The molecule has 110 valence electrons. The van der Waals surface area contributed by atoms with E-state index in [-0.39, 0.29) is 18.0 Å². The molecule has 0 aliphatic carbocycles. The number of likely N-dealkylation sites (tertiary alicyclic amines) is 1. The highest BCUT2D eigenvalue weighted by atomic mass is 19.2. The predicted molar refractivity (Wildman–Crippen MR) is 71.3 cm³/mol. The molecule has 0 saturated carbocycles. The third kappa shape index (κ3) is 2.98. The lowest BCUT2D eigenvalue weighted by Gasteiger charge is -2.40. The molecular weight excluding hydrogens is 264 g/mol. The van der Waals surface area contributed by atoms with Gasteiger partial charge in [-0.2, -0.15) is 0 Å². The molecule has 1 aliphatic heterocycles. The summed E-state index contributed by atoms with van der Waals surface area (Å²) in [7, 11) is 0. The van der Waals surface area contributed by atoms with Crippen molar-refractivity contribution in [3.8, 4) is 0 Å². The van der Waals surface area contributed by atoms with Gasteiger partial charge in [0.2, 0.25) is 0 Å². The van der Waals surface area contributed by atoms with Gasteiger partial charge in [-0.15, -0.1) is 0 Å². The van der Waals surface area contributed by atoms with E-state index in [0.717, 1.165) is 6.07 Å². The van der Waals surface area contributed by atoms with E-state index in [1.54, 1.807) is 6.07 Å². The van der Waals surface area contributed by atoms with Crippen molar-refractivity contribution in [1.82, 2.24) is 4.90 Å². The quantitative estimate of drug-likeness (QED) is 0.926. The van der Waals surface area contributed by atoms with Crippen molar-refractivity contribution in [2.45, 2.75) is 38.8 Å². The van der Waals surface area contributed by atoms with Crippen LogP contribution in [-0.4, -0.2) is 28.6 Å². The molecule has 0 radical (unpaired) electrons. The largest absolute Gasteiger partial charge is 0.481 e. The molecule has 0 aromatic heterocycles. The van der Waals surface area contributed by atoms with Gasteiger partial charge in [0, 0.05) is 12.1 Å². The van der Waals surface area contributed by atoms with E-state index in [4.69, 9.17) is 5.11 Å². The molecule has 0 amide bonds. The molecule has 1 fully saturated rings. The highest BCUT2D eigenvalue weighted by Crippen LogP contribution is 2.31. The maximum atomic E-state index is 13.3. The molecular formula is C15H19F2NO2. The molecule has 3 atom stereocenters. The Hall–Kier alpha value is -1.49. The minimum absolute atomic E-state index is 0.0603. The summed E-state index contributed by atoms with van der Waals surface area (Å²) in [5, 5.41) is 9.06. The Balaban J connectivity index is 2.11. The molecule has 1 saturated heterocycles. The van der Waals surface area contributed by atoms with Gasteiger partial charge in [-0.3, -0.25) is 9.69 Å². The minimum atomic E-state index is -0.849. The number of hydrogen-bond acceptors (Lipinski definition) is 2. The fourth-order valence-electron chi connectivity index (χ4n) is 2.95. The van der Waals surface area contributed by atoms with Crippen LogP contribution >= 0.6 is 0 Å². The number of benzene rings is 1. The van der Waals surface area contributed by atoms with Crippen LogP contribution in [0.5, 0.6) is 0 Å². The molecule has 1 aromatic carbocycles. The lowest BCUT2D eigenvalue weighted by atomic mass is 9.89. The lowest BCUT2D eigenvalue weighted by molar-refractivity contribution is -0.144. The molecule has 3 nitrogen and oxygen atoms in total. The normalized spacial score (nSPS) is 25.4. The SMILES string of the molecule is CC1CC(C(=O)O)CCN1C(C)c1ccc(F)c(F)c1. The molecule has 0 bridgehead atoms. The molecule has 20 heavy (non-hydrogen) atoms. The number of nitrogens with zero attached hydrogens (tertiary/aromatic N) is 1. The smallest absolute Gasteiger partial charge is 0.306 e. The van der Waals surface area contributed by atoms with E-state index in [2.05, 4.69) is 4.90 Å². The van der Waals surface area contributed by atoms with Gasteiger partial charge in [-0.05, 0) is 50.9 Å². The maximum absolute atomic E-state index is 13.3. The number of rotatable bonds is 3. The van der Waals surface area contributed by atoms with Crippen molar-refractivity contribution in [1.29, 1.82) is 0 Å². The zero-order valence-corrected chi connectivity index (χ0v) is 11.6. The summed E-state index contributed by atoms with van der Waals surface area (Å²) in [4.78, 5) is 13.2. The van der Waals surface area contributed by atoms with Gasteiger partial charge >= 0.3 is 5.97 Å². The average molecular weight is 283 g/mol. The first-order chi connectivity index (χ1) is 9.40. The summed E-state index contributed by atoms with van der Waals surface area (Å²) in [6.45, 7) is 4.56. The zero-order chi connectivity index (χ0) is 14.9. The van der Waals surface area contributed by atoms with Crippen LogP contribution in [0.3, 0.4) is 0 Å². The highest BCUT2D eigenvalue weighted by molar-refractivity contribution is 5.70. The second-order valence-corrected chi connectivity index (χ2v) is 5.50. The van der Waals surface area contributed by atoms with Crippen LogP contribution in [0.4, 0.5) is 8.78 Å². The van der Waals surface area contributed by atoms with Gasteiger partial charge in [-0.25, -0.2) is 8.78 Å². The van der Waals surface area contributed by atoms with Crippen molar-refractivity contribution in [2.24, 2.45) is 5.92 Å². The molecule has 1 N–H and O–H groups in total. The molecule has 0 spiro atoms. The molecule has 1 aromatic rings. The molecule has 2 rings (SSSR count). The Kier molecular flexibility index (Phi) is 4.38. The average Bonchev–Trinajstić information content (AvgIpc) is 2.41. The topological polar surface area (TPSA) is 40.5 Å². The molecule has 5 heteroatoms. The van der Waals surface area contributed by atoms with E-state index in [1.807, 2.05) is 13.8 Å². The second kappa shape index (κ2) is 5.87. The van der Waals surface area contributed by atoms with Gasteiger partial charge in [-0.1, -0.05) is 6.07 Å². The standard InChI is InChI=1S/C15H19F2NO2/c1-9-7-12(15(19)20)5-6-18(9)10(2)11-3-4-13(16)14(17)8-11/h3-4,8-10,12H,5-7H2,1-2H3,(H,19,20). The third-order valence-corrected chi connectivity index (χ3v) is 4.20. The van der Waals surface area contributed by atoms with Crippen LogP contribution in [0.25, 0.3) is 0 Å². The monoisotopic (exact) mass is 283 g/mol. The summed E-state index contributed by atoms with van der Waals surface area (Å²) in [5.74, 6) is -2.75. The molecule has 1 aliphatic rings. The van der Waals surface area contributed by atoms with E-state index < -0.39 is 17.6 Å². The summed E-state index contributed by atoms with van der Waals surface area (Å²) in [5.41, 5.74) is 0.713. The summed E-state index contributed by atoms with van der Waals surface area (Å²) in [6, 6.07) is 3.98. The fourth-order valence-corrected chi connectivity index (χ4v) is 2.95. The highest BCUT2D eigenvalue weighted by Gasteiger charge is 2.32. The zero-order valence-electron chi connectivity index (χ0n) is 11.6. The fraction of sp³-hybridized carbons (Fsp3) is 0.533. The number of halogens is 2. The summed E-state index contributed by atoms with van der Waals surface area (Å²) < 4.78 is 26.3. The van der Waals surface area contributed by atoms with Crippen LogP contribution in [0.2, 0.25) is 0 Å². The number of carboxylic acids is 1. The van der Waals surface area contributed by atoms with Crippen LogP contribution < -0.4 is 0 Å². The molecule has 1 heterocycles. The van der Waals surface area contributed by atoms with E-state index >= 15 is 0 Å². The first kappa shape index (κ1) is 14.9. The Morgan fingerprint density at radius 2 is 2.10 bits per heavy atom. The van der Waals surface area contributed by atoms with Crippen molar-refractivity contribution in [3.63, 3.8) is 0 Å². The Morgan fingerprint density at radius 3 is 2.65 bits per heavy atom. The Bertz CT molecular complexity index is 507. The number of carbonyl (C=O) groups is 1. The van der Waals surface area contributed by atoms with Crippen LogP contribution in [0.15, 0.2) is 18.2 Å². The maximum Gasteiger partial charge on any atom is 0.306 e. The van der Waals surface area contributed by atoms with Gasteiger partial charge in [0.1, 0.15) is 0 Å². The van der Waals surface area contributed by atoms with Gasteiger partial charge in [0.15, 0.2) is 11.6 Å². The van der Waals surface area contributed by atoms with Gasteiger partial charge in [0.05, 0.1) is 5.92 Å². The van der Waals surface area contributed by atoms with Crippen molar-refractivity contribution >= 4 is 5.97 Å². The van der Waals surface area contributed by atoms with Crippen molar-refractivity contribution < 1.29 is 18.7 Å². The van der Waals surface area contributed by atoms with Crippen LogP contribution in [0, 0.1) is 17.6 Å². The van der Waals surface area contributed by atoms with E-state index in [9.17, 15) is 13.6 Å². The third-order valence-electron chi connectivity index (χ3n) is 4.20. The van der Waals surface area contributed by atoms with Gasteiger partial charge in [0.25, 0.3) is 0 Å². The Labute approximate surface area is 117 Å². The number of aliphatic carboxylic acids is 1. The Morgan fingerprint density at radius 1 is 1.40 bits per heavy atom. The predicted octanol–water partition coefficient (Wildman–Crippen LogP) is 3.21. The second-order valence-electron chi connectivity index (χ2n) is 5.50. The van der Waals surface area contributed by atoms with Crippen LogP contribution in [0.1, 0.15) is 38.3 Å². The number of piperidine rings is 1. The first-order valence-corrected chi connectivity index (χ1v) is 6.83. The van der Waals surface area contributed by atoms with Crippen molar-refractivity contribution in [3.05, 3.63) is 35.4 Å². The molecule has 3 unspecified atom stereocenters. The number of carboxylic acid groups (broad SMARTS) is 1. The van der Waals surface area contributed by atoms with Gasteiger partial charge < -0.3 is 5.11 Å². The summed E-state index contributed by atoms with van der Waals surface area (Å²) in [6.07, 6.45) is 1.18. The van der Waals surface area contributed by atoms with Crippen LogP contribution in [-0.2, 0) is 4.79 Å². The van der Waals surface area contributed by atoms with E-state index in [1.165, 1.54) is 6.07 Å². The first-order valence-electron chi connectivity index (χ1n) is 6.83. The van der Waals surface area contributed by atoms with Crippen molar-refractivity contribution in [2.75, 3.05) is 6.54 Å². The number of hydrogen-bond donors (Lipinski definition) is 1. The lowest BCUT2D eigenvalue weighted by Crippen LogP contribution is -2.43.